The summed E-state index contributed by atoms with van der Waals surface area (Å²) in [4.78, 5) is 17.4. The average Bonchev–Trinajstić information content (AvgIpc) is 2.85. The van der Waals surface area contributed by atoms with Gasteiger partial charge in [0.25, 0.3) is 0 Å². The van der Waals surface area contributed by atoms with Gasteiger partial charge in [-0.15, -0.1) is 0 Å². The molecular weight excluding hydrogens is 448 g/mol. The van der Waals surface area contributed by atoms with E-state index in [1.165, 1.54) is 0 Å². The van der Waals surface area contributed by atoms with Gasteiger partial charge in [0.2, 0.25) is 0 Å². The van der Waals surface area contributed by atoms with Crippen molar-refractivity contribution >= 4 is 23.3 Å². The maximum absolute atomic E-state index is 13.4. The summed E-state index contributed by atoms with van der Waals surface area (Å²) in [6, 6.07) is 17.2. The lowest BCUT2D eigenvalue weighted by atomic mass is 9.76. The number of pyridine rings is 1. The van der Waals surface area contributed by atoms with E-state index in [1.807, 2.05) is 36.4 Å². The third kappa shape index (κ3) is 5.57. The Labute approximate surface area is 204 Å². The molecule has 7 heteroatoms. The minimum absolute atomic E-state index is 0.0804. The normalized spacial score (nSPS) is 15.8. The second-order valence-corrected chi connectivity index (χ2v) is 9.22. The van der Waals surface area contributed by atoms with E-state index >= 15 is 0 Å². The van der Waals surface area contributed by atoms with E-state index in [0.717, 1.165) is 37.7 Å². The van der Waals surface area contributed by atoms with Crippen LogP contribution in [0.25, 0.3) is 0 Å². The van der Waals surface area contributed by atoms with Crippen molar-refractivity contribution < 1.29 is 9.90 Å². The van der Waals surface area contributed by atoms with Gasteiger partial charge in [0.15, 0.2) is 0 Å². The summed E-state index contributed by atoms with van der Waals surface area (Å²) >= 11 is 6.10. The first-order valence-corrected chi connectivity index (χ1v) is 12.0. The van der Waals surface area contributed by atoms with E-state index in [2.05, 4.69) is 15.6 Å². The second-order valence-electron chi connectivity index (χ2n) is 8.78. The number of nitrogens with one attached hydrogen (secondary N) is 3. The lowest BCUT2D eigenvalue weighted by Gasteiger charge is -2.39. The van der Waals surface area contributed by atoms with Crippen LogP contribution in [0.15, 0.2) is 73.1 Å². The molecule has 0 bridgehead atoms. The monoisotopic (exact) mass is 476 g/mol. The molecule has 0 saturated heterocycles. The number of halogens is 1. The molecule has 0 radical (unpaired) electrons. The summed E-state index contributed by atoms with van der Waals surface area (Å²) in [7, 11) is 0. The molecule has 1 aliphatic rings. The van der Waals surface area contributed by atoms with Crippen molar-refractivity contribution in [3.8, 4) is 5.75 Å². The lowest BCUT2D eigenvalue weighted by Crippen LogP contribution is -2.51. The predicted molar refractivity (Wildman–Crippen MR) is 134 cm³/mol. The summed E-state index contributed by atoms with van der Waals surface area (Å²) in [5.74, 6) is 0.0804. The van der Waals surface area contributed by atoms with E-state index in [4.69, 9.17) is 17.0 Å². The van der Waals surface area contributed by atoms with Gasteiger partial charge in [0, 0.05) is 40.7 Å². The van der Waals surface area contributed by atoms with Crippen LogP contribution < -0.4 is 10.6 Å². The van der Waals surface area contributed by atoms with Crippen LogP contribution in [-0.4, -0.2) is 21.8 Å². The van der Waals surface area contributed by atoms with Crippen LogP contribution in [-0.2, 0) is 5.54 Å². The topological polar surface area (TPSA) is 98.1 Å². The Hall–Kier alpha value is -3.38. The van der Waals surface area contributed by atoms with Gasteiger partial charge >= 0.3 is 6.03 Å². The van der Waals surface area contributed by atoms with Crippen molar-refractivity contribution in [2.24, 2.45) is 0 Å². The molecule has 2 amide bonds. The number of aromatic hydroxyl groups is 1. The summed E-state index contributed by atoms with van der Waals surface area (Å²) < 4.78 is 0. The first-order chi connectivity index (χ1) is 16.5. The van der Waals surface area contributed by atoms with Gasteiger partial charge in [-0.05, 0) is 42.7 Å². The fourth-order valence-corrected chi connectivity index (χ4v) is 4.83. The van der Waals surface area contributed by atoms with Gasteiger partial charge in [-0.1, -0.05) is 67.3 Å². The largest absolute Gasteiger partial charge is 0.508 e. The Morgan fingerprint density at radius 1 is 1.06 bits per heavy atom. The molecule has 3 aromatic rings. The molecule has 1 heterocycles. The third-order valence-electron chi connectivity index (χ3n) is 6.49. The Balaban J connectivity index is 1.57. The number of hydrogen-bond acceptors (Lipinski definition) is 4. The molecule has 176 valence electrons. The smallest absolute Gasteiger partial charge is 0.315 e. The lowest BCUT2D eigenvalue weighted by molar-refractivity contribution is 0.199. The van der Waals surface area contributed by atoms with E-state index < -0.39 is 11.6 Å². The van der Waals surface area contributed by atoms with E-state index in [-0.39, 0.29) is 18.2 Å². The van der Waals surface area contributed by atoms with Crippen LogP contribution in [0.2, 0.25) is 5.02 Å². The standard InChI is InChI=1S/C27H29ClN4O2/c28-21-12-10-20(11-13-21)27(14-4-1-5-15-27)32-26(34)31-24(22-8-2-3-9-25(22)33)17-23(29)19-7-6-16-30-18-19/h2-3,6-13,16,18,24,29,33H,1,4-5,14-15,17H2,(H2,31,32,34). The molecule has 0 aliphatic heterocycles. The van der Waals surface area contributed by atoms with Crippen molar-refractivity contribution in [1.29, 1.82) is 5.41 Å². The predicted octanol–water partition coefficient (Wildman–Crippen LogP) is 6.10. The quantitative estimate of drug-likeness (QED) is 0.310. The number of para-hydroxylation sites is 1. The molecule has 1 fully saturated rings. The first-order valence-electron chi connectivity index (χ1n) is 11.6. The van der Waals surface area contributed by atoms with Crippen LogP contribution in [0.1, 0.15) is 61.3 Å². The number of carbonyl (C=O) groups excluding carboxylic acids is 1. The number of phenols is 1. The number of carbonyl (C=O) groups is 1. The highest BCUT2D eigenvalue weighted by Crippen LogP contribution is 2.38. The van der Waals surface area contributed by atoms with Crippen LogP contribution in [0.5, 0.6) is 5.75 Å². The molecule has 0 spiro atoms. The highest BCUT2D eigenvalue weighted by Gasteiger charge is 2.36. The Kier molecular flexibility index (Phi) is 7.48. The maximum atomic E-state index is 13.4. The number of urea groups is 1. The number of rotatable bonds is 7. The first kappa shape index (κ1) is 23.8. The average molecular weight is 477 g/mol. The summed E-state index contributed by atoms with van der Waals surface area (Å²) in [5, 5.41) is 26.0. The summed E-state index contributed by atoms with van der Waals surface area (Å²) in [6.07, 6.45) is 8.37. The Morgan fingerprint density at radius 2 is 1.79 bits per heavy atom. The summed E-state index contributed by atoms with van der Waals surface area (Å²) in [6.45, 7) is 0. The zero-order valence-electron chi connectivity index (χ0n) is 18.9. The zero-order valence-corrected chi connectivity index (χ0v) is 19.7. The van der Waals surface area contributed by atoms with Crippen LogP contribution >= 0.6 is 11.6 Å². The fourth-order valence-electron chi connectivity index (χ4n) is 4.71. The number of nitrogens with zero attached hydrogens (tertiary/aromatic N) is 1. The van der Waals surface area contributed by atoms with Gasteiger partial charge in [-0.2, -0.15) is 0 Å². The maximum Gasteiger partial charge on any atom is 0.315 e. The van der Waals surface area contributed by atoms with Gasteiger partial charge in [0.05, 0.1) is 11.6 Å². The van der Waals surface area contributed by atoms with Gasteiger partial charge < -0.3 is 21.1 Å². The molecule has 1 unspecified atom stereocenters. The minimum Gasteiger partial charge on any atom is -0.508 e. The van der Waals surface area contributed by atoms with Gasteiger partial charge in [0.1, 0.15) is 5.75 Å². The van der Waals surface area contributed by atoms with E-state index in [1.54, 1.807) is 36.7 Å². The van der Waals surface area contributed by atoms with Gasteiger partial charge in [-0.3, -0.25) is 4.98 Å². The molecule has 34 heavy (non-hydrogen) atoms. The van der Waals surface area contributed by atoms with Crippen molar-refractivity contribution in [3.05, 3.63) is 94.8 Å². The number of aromatic nitrogens is 1. The van der Waals surface area contributed by atoms with Gasteiger partial charge in [-0.25, -0.2) is 4.79 Å². The van der Waals surface area contributed by atoms with Crippen LogP contribution in [0.4, 0.5) is 4.79 Å². The Bertz CT molecular complexity index is 1130. The molecular formula is C27H29ClN4O2. The fraction of sp³-hybridized carbons (Fsp3) is 0.296. The van der Waals surface area contributed by atoms with Crippen molar-refractivity contribution in [2.75, 3.05) is 0 Å². The van der Waals surface area contributed by atoms with Crippen LogP contribution in [0, 0.1) is 5.41 Å². The number of phenolic OH excluding ortho intramolecular Hbond substituents is 1. The van der Waals surface area contributed by atoms with Crippen molar-refractivity contribution in [1.82, 2.24) is 15.6 Å². The minimum atomic E-state index is -0.584. The highest BCUT2D eigenvalue weighted by atomic mass is 35.5. The SMILES string of the molecule is N=C(CC(NC(=O)NC1(c2ccc(Cl)cc2)CCCCC1)c1ccccc1O)c1cccnc1. The zero-order chi connectivity index (χ0) is 24.0. The highest BCUT2D eigenvalue weighted by molar-refractivity contribution is 6.30. The second kappa shape index (κ2) is 10.7. The molecule has 1 aromatic heterocycles. The molecule has 1 aliphatic carbocycles. The summed E-state index contributed by atoms with van der Waals surface area (Å²) in [5.41, 5.74) is 2.12. The number of amides is 2. The van der Waals surface area contributed by atoms with Crippen LogP contribution in [0.3, 0.4) is 0 Å². The van der Waals surface area contributed by atoms with E-state index in [9.17, 15) is 9.90 Å². The molecule has 6 nitrogen and oxygen atoms in total. The number of benzene rings is 2. The van der Waals surface area contributed by atoms with E-state index in [0.29, 0.717) is 21.9 Å². The Morgan fingerprint density at radius 3 is 2.47 bits per heavy atom. The molecule has 1 saturated carbocycles. The molecule has 4 N–H and O–H groups in total. The van der Waals surface area contributed by atoms with Crippen molar-refractivity contribution in [2.45, 2.75) is 50.1 Å². The third-order valence-corrected chi connectivity index (χ3v) is 6.74. The number of hydrogen-bond donors (Lipinski definition) is 4. The van der Waals surface area contributed by atoms with Crippen molar-refractivity contribution in [3.63, 3.8) is 0 Å². The molecule has 1 atom stereocenters. The molecule has 4 rings (SSSR count). The molecule has 2 aromatic carbocycles.